The first-order valence-electron chi connectivity index (χ1n) is 9.64. The SMILES string of the molecule is CC(=O)NC1CN(C(O)c2nc(NC(C)c3cncc(F)c3)nc3cc(C)sc23)C1. The number of aliphatic hydroxyl groups excluding tert-OH is 1. The van der Waals surface area contributed by atoms with Crippen LogP contribution in [0.25, 0.3) is 10.2 Å². The molecule has 0 bridgehead atoms. The molecule has 2 atom stereocenters. The Morgan fingerprint density at radius 3 is 2.80 bits per heavy atom. The van der Waals surface area contributed by atoms with Gasteiger partial charge in [0, 0.05) is 31.1 Å². The second kappa shape index (κ2) is 8.21. The summed E-state index contributed by atoms with van der Waals surface area (Å²) in [5, 5.41) is 17.0. The Labute approximate surface area is 177 Å². The number of aryl methyl sites for hydroxylation is 1. The van der Waals surface area contributed by atoms with Gasteiger partial charge >= 0.3 is 0 Å². The van der Waals surface area contributed by atoms with E-state index in [0.717, 1.165) is 21.3 Å². The maximum absolute atomic E-state index is 13.5. The van der Waals surface area contributed by atoms with E-state index in [1.807, 2.05) is 24.8 Å². The Bertz CT molecular complexity index is 1080. The van der Waals surface area contributed by atoms with E-state index in [1.165, 1.54) is 24.3 Å². The topological polar surface area (TPSA) is 103 Å². The first-order chi connectivity index (χ1) is 14.3. The van der Waals surface area contributed by atoms with E-state index in [2.05, 4.69) is 25.6 Å². The number of hydrogen-bond donors (Lipinski definition) is 3. The minimum absolute atomic E-state index is 0.0256. The number of pyridine rings is 1. The maximum Gasteiger partial charge on any atom is 0.224 e. The molecule has 0 saturated carbocycles. The molecule has 0 aromatic carbocycles. The number of halogens is 1. The van der Waals surface area contributed by atoms with Gasteiger partial charge in [0.05, 0.1) is 28.5 Å². The number of carbonyl (C=O) groups is 1. The van der Waals surface area contributed by atoms with Crippen molar-refractivity contribution < 1.29 is 14.3 Å². The standard InChI is InChI=1S/C20H23FN6O2S/c1-10-4-16-18(30-10)17(19(29)27-8-15(9-27)24-12(3)28)26-20(25-16)23-11(2)13-5-14(21)7-22-6-13/h4-7,11,15,19,29H,8-9H2,1-3H3,(H,24,28)(H,23,25,26). The predicted molar refractivity (Wildman–Crippen MR) is 113 cm³/mol. The van der Waals surface area contributed by atoms with Crippen LogP contribution in [0.4, 0.5) is 10.3 Å². The van der Waals surface area contributed by atoms with E-state index in [4.69, 9.17) is 0 Å². The molecule has 0 spiro atoms. The van der Waals surface area contributed by atoms with Gasteiger partial charge in [-0.25, -0.2) is 14.4 Å². The van der Waals surface area contributed by atoms with Crippen LogP contribution < -0.4 is 10.6 Å². The summed E-state index contributed by atoms with van der Waals surface area (Å²) in [5.41, 5.74) is 1.93. The summed E-state index contributed by atoms with van der Waals surface area (Å²) in [6.45, 7) is 6.42. The molecule has 3 aromatic rings. The molecule has 3 aromatic heterocycles. The third kappa shape index (κ3) is 4.25. The van der Waals surface area contributed by atoms with Crippen molar-refractivity contribution in [3.8, 4) is 0 Å². The van der Waals surface area contributed by atoms with E-state index in [1.54, 1.807) is 6.20 Å². The number of nitrogens with zero attached hydrogens (tertiary/aromatic N) is 4. The van der Waals surface area contributed by atoms with Gasteiger partial charge in [-0.1, -0.05) is 0 Å². The number of thiophene rings is 1. The molecule has 0 radical (unpaired) electrons. The second-order valence-corrected chi connectivity index (χ2v) is 8.79. The number of aliphatic hydroxyl groups is 1. The molecule has 4 rings (SSSR count). The van der Waals surface area contributed by atoms with Gasteiger partial charge in [0.15, 0.2) is 6.23 Å². The Morgan fingerprint density at radius 2 is 2.10 bits per heavy atom. The van der Waals surface area contributed by atoms with Gasteiger partial charge < -0.3 is 15.7 Å². The van der Waals surface area contributed by atoms with E-state index >= 15 is 0 Å². The Hall–Kier alpha value is -2.69. The molecular weight excluding hydrogens is 407 g/mol. The number of amides is 1. The molecule has 0 aliphatic carbocycles. The van der Waals surface area contributed by atoms with E-state index in [9.17, 15) is 14.3 Å². The molecule has 158 valence electrons. The first kappa shape index (κ1) is 20.6. The largest absolute Gasteiger partial charge is 0.372 e. The third-order valence-electron chi connectivity index (χ3n) is 5.00. The number of likely N-dealkylation sites (tertiary alicyclic amines) is 1. The van der Waals surface area contributed by atoms with Crippen LogP contribution in [-0.4, -0.2) is 50.0 Å². The molecular formula is C20H23FN6O2S. The van der Waals surface area contributed by atoms with Crippen LogP contribution in [0.15, 0.2) is 24.5 Å². The summed E-state index contributed by atoms with van der Waals surface area (Å²) in [7, 11) is 0. The van der Waals surface area contributed by atoms with Crippen LogP contribution in [0, 0.1) is 12.7 Å². The molecule has 3 N–H and O–H groups in total. The van der Waals surface area contributed by atoms with E-state index < -0.39 is 12.0 Å². The van der Waals surface area contributed by atoms with Gasteiger partial charge in [-0.05, 0) is 31.5 Å². The zero-order valence-electron chi connectivity index (χ0n) is 16.9. The molecule has 1 fully saturated rings. The lowest BCUT2D eigenvalue weighted by Gasteiger charge is -2.42. The van der Waals surface area contributed by atoms with Gasteiger partial charge in [-0.3, -0.25) is 14.7 Å². The monoisotopic (exact) mass is 430 g/mol. The Kier molecular flexibility index (Phi) is 5.63. The van der Waals surface area contributed by atoms with Crippen molar-refractivity contribution in [3.05, 3.63) is 46.5 Å². The van der Waals surface area contributed by atoms with Crippen LogP contribution in [0.3, 0.4) is 0 Å². The lowest BCUT2D eigenvalue weighted by molar-refractivity contribution is -0.123. The van der Waals surface area contributed by atoms with E-state index in [-0.39, 0.29) is 18.0 Å². The number of rotatable bonds is 6. The summed E-state index contributed by atoms with van der Waals surface area (Å²) in [4.78, 5) is 27.2. The van der Waals surface area contributed by atoms with Crippen LogP contribution >= 0.6 is 11.3 Å². The molecule has 10 heteroatoms. The molecule has 1 aliphatic rings. The molecule has 1 aliphatic heterocycles. The third-order valence-corrected chi connectivity index (χ3v) is 6.06. The fraction of sp³-hybridized carbons (Fsp3) is 0.400. The van der Waals surface area contributed by atoms with Crippen LogP contribution in [0.5, 0.6) is 0 Å². The quantitative estimate of drug-likeness (QED) is 0.552. The Morgan fingerprint density at radius 1 is 1.33 bits per heavy atom. The van der Waals surface area contributed by atoms with Crippen LogP contribution in [0.2, 0.25) is 0 Å². The summed E-state index contributed by atoms with van der Waals surface area (Å²) in [6.07, 6.45) is 1.83. The Balaban J connectivity index is 1.59. The summed E-state index contributed by atoms with van der Waals surface area (Å²) in [6, 6.07) is 3.12. The fourth-order valence-corrected chi connectivity index (χ4v) is 4.47. The highest BCUT2D eigenvalue weighted by Gasteiger charge is 2.34. The molecule has 4 heterocycles. The van der Waals surface area contributed by atoms with Crippen LogP contribution in [0.1, 0.15) is 42.3 Å². The number of hydrogen-bond acceptors (Lipinski definition) is 8. The predicted octanol–water partition coefficient (Wildman–Crippen LogP) is 2.52. The highest BCUT2D eigenvalue weighted by molar-refractivity contribution is 7.19. The molecule has 30 heavy (non-hydrogen) atoms. The zero-order chi connectivity index (χ0) is 21.4. The van der Waals surface area contributed by atoms with Crippen LogP contribution in [-0.2, 0) is 4.79 Å². The minimum atomic E-state index is -0.912. The number of carbonyl (C=O) groups excluding carboxylic acids is 1. The normalized spacial score (nSPS) is 16.8. The van der Waals surface area contributed by atoms with Crippen molar-refractivity contribution in [2.75, 3.05) is 18.4 Å². The van der Waals surface area contributed by atoms with E-state index in [0.29, 0.717) is 30.3 Å². The highest BCUT2D eigenvalue weighted by atomic mass is 32.1. The minimum Gasteiger partial charge on any atom is -0.372 e. The number of nitrogens with one attached hydrogen (secondary N) is 2. The summed E-state index contributed by atoms with van der Waals surface area (Å²) >= 11 is 1.53. The van der Waals surface area contributed by atoms with Crippen molar-refractivity contribution in [2.24, 2.45) is 0 Å². The van der Waals surface area contributed by atoms with Gasteiger partial charge in [0.1, 0.15) is 11.5 Å². The average Bonchev–Trinajstić information content (AvgIpc) is 3.03. The first-order valence-corrected chi connectivity index (χ1v) is 10.5. The number of fused-ring (bicyclic) bond motifs is 1. The van der Waals surface area contributed by atoms with Gasteiger partial charge in [0.25, 0.3) is 0 Å². The van der Waals surface area contributed by atoms with Crippen molar-refractivity contribution in [2.45, 2.75) is 39.1 Å². The van der Waals surface area contributed by atoms with Gasteiger partial charge in [0.2, 0.25) is 11.9 Å². The summed E-state index contributed by atoms with van der Waals surface area (Å²) in [5.74, 6) is -0.140. The molecule has 2 unspecified atom stereocenters. The average molecular weight is 431 g/mol. The van der Waals surface area contributed by atoms with Crippen molar-refractivity contribution in [1.29, 1.82) is 0 Å². The second-order valence-electron chi connectivity index (χ2n) is 7.53. The zero-order valence-corrected chi connectivity index (χ0v) is 17.7. The number of anilines is 1. The lowest BCUT2D eigenvalue weighted by atomic mass is 10.1. The van der Waals surface area contributed by atoms with Crippen molar-refractivity contribution in [3.63, 3.8) is 0 Å². The molecule has 1 saturated heterocycles. The lowest BCUT2D eigenvalue weighted by Crippen LogP contribution is -2.59. The van der Waals surface area contributed by atoms with Crippen molar-refractivity contribution in [1.82, 2.24) is 25.2 Å². The smallest absolute Gasteiger partial charge is 0.224 e. The maximum atomic E-state index is 13.5. The highest BCUT2D eigenvalue weighted by Crippen LogP contribution is 2.34. The van der Waals surface area contributed by atoms with Gasteiger partial charge in [-0.2, -0.15) is 0 Å². The van der Waals surface area contributed by atoms with Crippen molar-refractivity contribution >= 4 is 33.4 Å². The van der Waals surface area contributed by atoms with Gasteiger partial charge in [-0.15, -0.1) is 11.3 Å². The number of aromatic nitrogens is 3. The molecule has 1 amide bonds. The summed E-state index contributed by atoms with van der Waals surface area (Å²) < 4.78 is 14.3. The fourth-order valence-electron chi connectivity index (χ4n) is 3.52. The molecule has 8 nitrogen and oxygen atoms in total.